The van der Waals surface area contributed by atoms with Crippen LogP contribution in [-0.4, -0.2) is 42.1 Å². The van der Waals surface area contributed by atoms with Crippen LogP contribution in [0.2, 0.25) is 0 Å². The maximum Gasteiger partial charge on any atom is 0.251 e. The average molecular weight is 389 g/mol. The molecule has 1 aromatic heterocycles. The number of hydrogen-bond acceptors (Lipinski definition) is 3. The molecule has 3 aromatic rings. The van der Waals surface area contributed by atoms with Gasteiger partial charge in [0.05, 0.1) is 13.2 Å². The van der Waals surface area contributed by atoms with Gasteiger partial charge in [-0.25, -0.2) is 0 Å². The van der Waals surface area contributed by atoms with Crippen LogP contribution in [0.25, 0.3) is 5.69 Å². The highest BCUT2D eigenvalue weighted by atomic mass is 16.5. The molecule has 1 saturated heterocycles. The molecule has 2 heterocycles. The van der Waals surface area contributed by atoms with E-state index in [1.165, 1.54) is 18.4 Å². The number of hydrogen-bond donors (Lipinski definition) is 1. The number of benzene rings is 2. The summed E-state index contributed by atoms with van der Waals surface area (Å²) in [5.74, 6) is 0.801. The Hall–Kier alpha value is -3.05. The third kappa shape index (κ3) is 4.51. The minimum Gasteiger partial charge on any atom is -0.497 e. The van der Waals surface area contributed by atoms with Crippen LogP contribution in [0.3, 0.4) is 0 Å². The molecule has 1 aliphatic heterocycles. The molecule has 4 rings (SSSR count). The van der Waals surface area contributed by atoms with E-state index < -0.39 is 0 Å². The van der Waals surface area contributed by atoms with Gasteiger partial charge in [-0.3, -0.25) is 9.69 Å². The van der Waals surface area contributed by atoms with Crippen LogP contribution >= 0.6 is 0 Å². The largest absolute Gasteiger partial charge is 0.497 e. The first-order chi connectivity index (χ1) is 14.2. The van der Waals surface area contributed by atoms with Gasteiger partial charge in [0.2, 0.25) is 0 Å². The second-order valence-corrected chi connectivity index (χ2v) is 7.38. The van der Waals surface area contributed by atoms with E-state index in [0.717, 1.165) is 24.5 Å². The predicted octanol–water partition coefficient (Wildman–Crippen LogP) is 4.05. The van der Waals surface area contributed by atoms with Crippen molar-refractivity contribution in [2.75, 3.05) is 26.7 Å². The molecule has 150 valence electrons. The summed E-state index contributed by atoms with van der Waals surface area (Å²) < 4.78 is 7.42. The molecule has 0 aliphatic carbocycles. The Morgan fingerprint density at radius 2 is 1.76 bits per heavy atom. The molecule has 29 heavy (non-hydrogen) atoms. The molecule has 0 radical (unpaired) electrons. The first kappa shape index (κ1) is 19.3. The summed E-state index contributed by atoms with van der Waals surface area (Å²) in [4.78, 5) is 15.2. The van der Waals surface area contributed by atoms with Gasteiger partial charge in [-0.05, 0) is 80.0 Å². The van der Waals surface area contributed by atoms with E-state index in [2.05, 4.69) is 22.3 Å². The summed E-state index contributed by atoms with van der Waals surface area (Å²) in [5, 5.41) is 3.14. The zero-order valence-electron chi connectivity index (χ0n) is 16.8. The normalized spacial score (nSPS) is 15.2. The molecule has 5 heteroatoms. The number of nitrogens with zero attached hydrogens (tertiary/aromatic N) is 2. The van der Waals surface area contributed by atoms with E-state index in [0.29, 0.717) is 12.1 Å². The van der Waals surface area contributed by atoms with Gasteiger partial charge in [0.25, 0.3) is 5.91 Å². The van der Waals surface area contributed by atoms with Gasteiger partial charge in [-0.15, -0.1) is 0 Å². The summed E-state index contributed by atoms with van der Waals surface area (Å²) in [6, 6.07) is 20.0. The third-order valence-corrected chi connectivity index (χ3v) is 5.55. The quantitative estimate of drug-likeness (QED) is 0.663. The number of likely N-dealkylation sites (tertiary alicyclic amines) is 1. The highest BCUT2D eigenvalue weighted by molar-refractivity contribution is 5.94. The van der Waals surface area contributed by atoms with Crippen molar-refractivity contribution < 1.29 is 9.53 Å². The topological polar surface area (TPSA) is 46.5 Å². The number of methoxy groups -OCH3 is 1. The summed E-state index contributed by atoms with van der Waals surface area (Å²) in [7, 11) is 1.68. The van der Waals surface area contributed by atoms with Gasteiger partial charge in [-0.1, -0.05) is 12.1 Å². The molecule has 1 aliphatic rings. The van der Waals surface area contributed by atoms with E-state index in [9.17, 15) is 4.79 Å². The van der Waals surface area contributed by atoms with Crippen molar-refractivity contribution in [3.05, 3.63) is 84.2 Å². The van der Waals surface area contributed by atoms with Crippen LogP contribution in [-0.2, 0) is 0 Å². The minimum absolute atomic E-state index is 0.0452. The SMILES string of the molecule is COc1cccc(C(CNC(=O)c2ccc(-n3cccc3)cc2)N2CCCC2)c1. The van der Waals surface area contributed by atoms with Gasteiger partial charge in [0, 0.05) is 30.2 Å². The smallest absolute Gasteiger partial charge is 0.251 e. The van der Waals surface area contributed by atoms with Crippen molar-refractivity contribution in [1.29, 1.82) is 0 Å². The first-order valence-electron chi connectivity index (χ1n) is 10.1. The van der Waals surface area contributed by atoms with Crippen molar-refractivity contribution in [1.82, 2.24) is 14.8 Å². The molecular formula is C24H27N3O2. The maximum absolute atomic E-state index is 12.8. The molecular weight excluding hydrogens is 362 g/mol. The summed E-state index contributed by atoms with van der Waals surface area (Å²) in [6.45, 7) is 2.69. The van der Waals surface area contributed by atoms with Gasteiger partial charge >= 0.3 is 0 Å². The van der Waals surface area contributed by atoms with Crippen LogP contribution in [0.5, 0.6) is 5.75 Å². The number of ether oxygens (including phenoxy) is 1. The van der Waals surface area contributed by atoms with Crippen LogP contribution in [0, 0.1) is 0 Å². The van der Waals surface area contributed by atoms with Crippen molar-refractivity contribution in [3.8, 4) is 11.4 Å². The fourth-order valence-electron chi connectivity index (χ4n) is 3.94. The first-order valence-corrected chi connectivity index (χ1v) is 10.1. The number of carbonyl (C=O) groups excluding carboxylic acids is 1. The maximum atomic E-state index is 12.8. The van der Waals surface area contributed by atoms with Crippen LogP contribution in [0.4, 0.5) is 0 Å². The Morgan fingerprint density at radius 1 is 1.03 bits per heavy atom. The van der Waals surface area contributed by atoms with E-state index in [4.69, 9.17) is 4.74 Å². The zero-order valence-corrected chi connectivity index (χ0v) is 16.8. The Labute approximate surface area is 171 Å². The Bertz CT molecular complexity index is 929. The standard InChI is InChI=1S/C24H27N3O2/c1-29-22-8-6-7-20(17-22)23(27-15-4-5-16-27)18-25-24(28)19-9-11-21(12-10-19)26-13-2-3-14-26/h2-3,6-14,17,23H,4-5,15-16,18H2,1H3,(H,25,28). The molecule has 1 unspecified atom stereocenters. The molecule has 0 bridgehead atoms. The molecule has 0 spiro atoms. The van der Waals surface area contributed by atoms with E-state index >= 15 is 0 Å². The van der Waals surface area contributed by atoms with Crippen molar-refractivity contribution in [2.45, 2.75) is 18.9 Å². The van der Waals surface area contributed by atoms with Crippen LogP contribution in [0.15, 0.2) is 73.1 Å². The molecule has 1 atom stereocenters. The highest BCUT2D eigenvalue weighted by Gasteiger charge is 2.24. The number of carbonyl (C=O) groups is 1. The molecule has 5 nitrogen and oxygen atoms in total. The average Bonchev–Trinajstić information content (AvgIpc) is 3.49. The Morgan fingerprint density at radius 3 is 2.45 bits per heavy atom. The number of rotatable bonds is 7. The van der Waals surface area contributed by atoms with Crippen molar-refractivity contribution in [2.24, 2.45) is 0 Å². The lowest BCUT2D eigenvalue weighted by molar-refractivity contribution is 0.0938. The fraction of sp³-hybridized carbons (Fsp3) is 0.292. The number of aromatic nitrogens is 1. The van der Waals surface area contributed by atoms with Gasteiger partial charge in [-0.2, -0.15) is 0 Å². The van der Waals surface area contributed by atoms with E-state index in [1.807, 2.05) is 65.5 Å². The van der Waals surface area contributed by atoms with Gasteiger partial charge < -0.3 is 14.6 Å². The molecule has 1 N–H and O–H groups in total. The second kappa shape index (κ2) is 8.97. The Balaban J connectivity index is 1.45. The summed E-state index contributed by atoms with van der Waals surface area (Å²) in [6.07, 6.45) is 6.39. The van der Waals surface area contributed by atoms with Gasteiger partial charge in [0.15, 0.2) is 0 Å². The predicted molar refractivity (Wildman–Crippen MR) is 115 cm³/mol. The summed E-state index contributed by atoms with van der Waals surface area (Å²) >= 11 is 0. The number of nitrogens with one attached hydrogen (secondary N) is 1. The highest BCUT2D eigenvalue weighted by Crippen LogP contribution is 2.27. The van der Waals surface area contributed by atoms with E-state index in [-0.39, 0.29) is 11.9 Å². The fourth-order valence-corrected chi connectivity index (χ4v) is 3.94. The monoisotopic (exact) mass is 389 g/mol. The van der Waals surface area contributed by atoms with Crippen molar-refractivity contribution in [3.63, 3.8) is 0 Å². The van der Waals surface area contributed by atoms with Crippen molar-refractivity contribution >= 4 is 5.91 Å². The molecule has 2 aromatic carbocycles. The lowest BCUT2D eigenvalue weighted by atomic mass is 10.0. The molecule has 0 saturated carbocycles. The zero-order chi connectivity index (χ0) is 20.1. The minimum atomic E-state index is -0.0452. The Kier molecular flexibility index (Phi) is 5.96. The van der Waals surface area contributed by atoms with Gasteiger partial charge in [0.1, 0.15) is 5.75 Å². The lowest BCUT2D eigenvalue weighted by Gasteiger charge is -2.28. The third-order valence-electron chi connectivity index (χ3n) is 5.55. The van der Waals surface area contributed by atoms with E-state index in [1.54, 1.807) is 7.11 Å². The van der Waals surface area contributed by atoms with Crippen LogP contribution < -0.4 is 10.1 Å². The lowest BCUT2D eigenvalue weighted by Crippen LogP contribution is -2.36. The second-order valence-electron chi connectivity index (χ2n) is 7.38. The number of amides is 1. The molecule has 1 amide bonds. The molecule has 1 fully saturated rings. The summed E-state index contributed by atoms with van der Waals surface area (Å²) in [5.41, 5.74) is 2.89. The van der Waals surface area contributed by atoms with Crippen LogP contribution in [0.1, 0.15) is 34.8 Å².